The zero-order chi connectivity index (χ0) is 19.5. The topological polar surface area (TPSA) is 68.5 Å². The number of tetrazole rings is 1. The van der Waals surface area contributed by atoms with Gasteiger partial charge in [-0.25, -0.2) is 0 Å². The number of pyridine rings is 1. The second-order valence-corrected chi connectivity index (χ2v) is 6.95. The maximum absolute atomic E-state index is 6.31. The molecule has 4 rings (SSSR count). The van der Waals surface area contributed by atoms with Crippen LogP contribution in [0.5, 0.6) is 0 Å². The Morgan fingerprint density at radius 3 is 2.71 bits per heavy atom. The molecule has 0 radical (unpaired) electrons. The summed E-state index contributed by atoms with van der Waals surface area (Å²) >= 11 is 12.4. The van der Waals surface area contributed by atoms with Crippen molar-refractivity contribution in [3.63, 3.8) is 0 Å². The molecule has 0 spiro atoms. The number of aryl methyl sites for hydroxylation is 1. The van der Waals surface area contributed by atoms with E-state index in [1.54, 1.807) is 24.4 Å². The molecule has 0 unspecified atom stereocenters. The van der Waals surface area contributed by atoms with Gasteiger partial charge in [0.15, 0.2) is 0 Å². The molecule has 0 atom stereocenters. The minimum Gasteiger partial charge on any atom is -0.349 e. The number of nitrogens with zero attached hydrogens (tertiary/aromatic N) is 5. The first-order valence-corrected chi connectivity index (χ1v) is 9.37. The zero-order valence-corrected chi connectivity index (χ0v) is 16.5. The lowest BCUT2D eigenvalue weighted by Gasteiger charge is -2.12. The monoisotopic (exact) mass is 410 g/mol. The van der Waals surface area contributed by atoms with Gasteiger partial charge in [-0.05, 0) is 46.7 Å². The van der Waals surface area contributed by atoms with E-state index < -0.39 is 0 Å². The molecule has 0 amide bonds. The number of rotatable bonds is 5. The van der Waals surface area contributed by atoms with Crippen molar-refractivity contribution in [1.29, 1.82) is 0 Å². The highest BCUT2D eigenvalue weighted by molar-refractivity contribution is 6.43. The highest BCUT2D eigenvalue weighted by Crippen LogP contribution is 2.29. The molecule has 0 bridgehead atoms. The van der Waals surface area contributed by atoms with Crippen molar-refractivity contribution in [2.45, 2.75) is 13.5 Å². The Hall–Kier alpha value is -2.96. The molecule has 0 saturated heterocycles. The van der Waals surface area contributed by atoms with Crippen LogP contribution in [0.1, 0.15) is 11.1 Å². The molecule has 0 fully saturated rings. The first-order chi connectivity index (χ1) is 13.6. The minimum atomic E-state index is 0.390. The number of hydrogen-bond donors (Lipinski definition) is 1. The number of halogens is 2. The van der Waals surface area contributed by atoms with Gasteiger partial charge >= 0.3 is 0 Å². The first-order valence-electron chi connectivity index (χ1n) is 8.61. The summed E-state index contributed by atoms with van der Waals surface area (Å²) in [6.07, 6.45) is 1.79. The van der Waals surface area contributed by atoms with Crippen LogP contribution in [-0.2, 0) is 6.54 Å². The van der Waals surface area contributed by atoms with E-state index in [-0.39, 0.29) is 0 Å². The van der Waals surface area contributed by atoms with E-state index in [1.165, 1.54) is 4.68 Å². The Kier molecular flexibility index (Phi) is 5.23. The second kappa shape index (κ2) is 7.96. The van der Waals surface area contributed by atoms with E-state index >= 15 is 0 Å². The van der Waals surface area contributed by atoms with Crippen LogP contribution in [0.15, 0.2) is 60.8 Å². The van der Waals surface area contributed by atoms with E-state index in [4.69, 9.17) is 23.2 Å². The Morgan fingerprint density at radius 2 is 1.86 bits per heavy atom. The number of nitrogens with one attached hydrogen (secondary N) is 1. The summed E-state index contributed by atoms with van der Waals surface area (Å²) in [7, 11) is 0. The van der Waals surface area contributed by atoms with Gasteiger partial charge in [0.25, 0.3) is 0 Å². The lowest BCUT2D eigenvalue weighted by Crippen LogP contribution is -2.09. The molecule has 0 saturated carbocycles. The van der Waals surface area contributed by atoms with Gasteiger partial charge in [-0.3, -0.25) is 4.98 Å². The maximum atomic E-state index is 6.31. The van der Waals surface area contributed by atoms with Crippen LogP contribution in [0.25, 0.3) is 16.9 Å². The van der Waals surface area contributed by atoms with Gasteiger partial charge in [-0.1, -0.05) is 64.7 Å². The van der Waals surface area contributed by atoms with Crippen molar-refractivity contribution in [3.8, 4) is 16.9 Å². The molecule has 0 aliphatic heterocycles. The van der Waals surface area contributed by atoms with E-state index in [1.807, 2.05) is 24.3 Å². The van der Waals surface area contributed by atoms with Crippen molar-refractivity contribution in [3.05, 3.63) is 82.0 Å². The molecule has 0 aliphatic carbocycles. The third-order valence-electron chi connectivity index (χ3n) is 4.36. The van der Waals surface area contributed by atoms with Crippen molar-refractivity contribution in [2.75, 3.05) is 5.32 Å². The summed E-state index contributed by atoms with van der Waals surface area (Å²) in [6.45, 7) is 2.57. The predicted molar refractivity (Wildman–Crippen MR) is 111 cm³/mol. The van der Waals surface area contributed by atoms with E-state index in [0.717, 1.165) is 22.4 Å². The van der Waals surface area contributed by atoms with E-state index in [9.17, 15) is 0 Å². The van der Waals surface area contributed by atoms with Crippen LogP contribution in [0.3, 0.4) is 0 Å². The summed E-state index contributed by atoms with van der Waals surface area (Å²) < 4.78 is 1.53. The smallest absolute Gasteiger partial charge is 0.248 e. The summed E-state index contributed by atoms with van der Waals surface area (Å²) in [5.41, 5.74) is 4.82. The summed E-state index contributed by atoms with van der Waals surface area (Å²) in [5, 5.41) is 16.0. The van der Waals surface area contributed by atoms with Crippen molar-refractivity contribution in [1.82, 2.24) is 25.2 Å². The summed E-state index contributed by atoms with van der Waals surface area (Å²) in [5.74, 6) is 0.462. The fourth-order valence-corrected chi connectivity index (χ4v) is 3.33. The summed E-state index contributed by atoms with van der Waals surface area (Å²) in [6, 6.07) is 17.4. The molecule has 4 aromatic rings. The molecule has 2 aromatic carbocycles. The molecule has 0 aliphatic rings. The van der Waals surface area contributed by atoms with Gasteiger partial charge in [0.1, 0.15) is 0 Å². The lowest BCUT2D eigenvalue weighted by molar-refractivity contribution is 0.789. The fraction of sp³-hybridized carbons (Fsp3) is 0.100. The number of aromatic nitrogens is 5. The molecule has 1 N–H and O–H groups in total. The van der Waals surface area contributed by atoms with Gasteiger partial charge in [-0.15, -0.1) is 0 Å². The molecule has 2 aromatic heterocycles. The van der Waals surface area contributed by atoms with Crippen molar-refractivity contribution >= 4 is 29.2 Å². The van der Waals surface area contributed by atoms with Crippen LogP contribution < -0.4 is 5.32 Å². The van der Waals surface area contributed by atoms with Crippen LogP contribution in [-0.4, -0.2) is 25.2 Å². The largest absolute Gasteiger partial charge is 0.349 e. The quantitative estimate of drug-likeness (QED) is 0.503. The number of benzene rings is 2. The van der Waals surface area contributed by atoms with Crippen molar-refractivity contribution in [2.24, 2.45) is 0 Å². The molecule has 6 nitrogen and oxygen atoms in total. The average Bonchev–Trinajstić information content (AvgIpc) is 3.17. The van der Waals surface area contributed by atoms with Crippen molar-refractivity contribution < 1.29 is 0 Å². The Morgan fingerprint density at radius 1 is 1.00 bits per heavy atom. The molecular formula is C20H16Cl2N6. The van der Waals surface area contributed by atoms with Crippen LogP contribution in [0.2, 0.25) is 10.0 Å². The van der Waals surface area contributed by atoms with Crippen LogP contribution in [0.4, 0.5) is 5.95 Å². The number of hydrogen-bond acceptors (Lipinski definition) is 5. The van der Waals surface area contributed by atoms with Gasteiger partial charge in [-0.2, -0.15) is 4.68 Å². The first kappa shape index (κ1) is 18.4. The van der Waals surface area contributed by atoms with Crippen LogP contribution in [0, 0.1) is 6.92 Å². The molecule has 8 heteroatoms. The highest BCUT2D eigenvalue weighted by Gasteiger charge is 2.14. The fourth-order valence-electron chi connectivity index (χ4n) is 2.95. The molecule has 140 valence electrons. The Labute approximate surface area is 172 Å². The molecule has 2 heterocycles. The third-order valence-corrected chi connectivity index (χ3v) is 5.17. The zero-order valence-electron chi connectivity index (χ0n) is 15.0. The normalized spacial score (nSPS) is 10.8. The number of anilines is 1. The molecule has 28 heavy (non-hydrogen) atoms. The molecular weight excluding hydrogens is 395 g/mol. The third kappa shape index (κ3) is 3.56. The van der Waals surface area contributed by atoms with Gasteiger partial charge < -0.3 is 5.32 Å². The van der Waals surface area contributed by atoms with Crippen LogP contribution >= 0.6 is 23.2 Å². The average molecular weight is 411 g/mol. The van der Waals surface area contributed by atoms with Gasteiger partial charge in [0.05, 0.1) is 21.4 Å². The Balaban J connectivity index is 1.64. The van der Waals surface area contributed by atoms with Gasteiger partial charge in [0.2, 0.25) is 5.95 Å². The second-order valence-electron chi connectivity index (χ2n) is 6.17. The minimum absolute atomic E-state index is 0.390. The lowest BCUT2D eigenvalue weighted by atomic mass is 10.0. The SMILES string of the molecule is Cc1ccccc1-c1ncccc1CNc1nnnn1-c1cccc(Cl)c1Cl. The standard InChI is InChI=1S/C20H16Cl2N6/c1-13-6-2-3-8-15(13)19-14(7-5-11-23-19)12-24-20-25-26-27-28(20)17-10-4-9-16(21)18(17)22/h2-11H,12H2,1H3,(H,24,25,27). The summed E-state index contributed by atoms with van der Waals surface area (Å²) in [4.78, 5) is 4.58. The Bertz CT molecular complexity index is 1130. The van der Waals surface area contributed by atoms with E-state index in [2.05, 4.69) is 44.9 Å². The maximum Gasteiger partial charge on any atom is 0.248 e. The predicted octanol–water partition coefficient (Wildman–Crippen LogP) is 4.95. The highest BCUT2D eigenvalue weighted by atomic mass is 35.5. The van der Waals surface area contributed by atoms with Gasteiger partial charge in [0, 0.05) is 18.3 Å². The van der Waals surface area contributed by atoms with E-state index in [0.29, 0.717) is 28.2 Å².